The van der Waals surface area contributed by atoms with Crippen molar-refractivity contribution >= 4 is 11.9 Å². The van der Waals surface area contributed by atoms with Gasteiger partial charge in [-0.2, -0.15) is 26.3 Å². The lowest BCUT2D eigenvalue weighted by atomic mass is 9.92. The van der Waals surface area contributed by atoms with Crippen molar-refractivity contribution in [3.8, 4) is 11.1 Å². The summed E-state index contributed by atoms with van der Waals surface area (Å²) in [6.07, 6.45) is -9.81. The van der Waals surface area contributed by atoms with Gasteiger partial charge in [0.1, 0.15) is 0 Å². The third-order valence-electron chi connectivity index (χ3n) is 3.44. The Labute approximate surface area is 141 Å². The maximum atomic E-state index is 12.9. The van der Waals surface area contributed by atoms with Crippen molar-refractivity contribution in [2.24, 2.45) is 0 Å². The number of benzene rings is 2. The number of hydrogen-bond donors (Lipinski definition) is 2. The molecule has 0 amide bonds. The molecular formula is C16H8F6O4. The van der Waals surface area contributed by atoms with Gasteiger partial charge in [-0.1, -0.05) is 0 Å². The number of carboxylic acids is 2. The van der Waals surface area contributed by atoms with Crippen LogP contribution in [0.5, 0.6) is 0 Å². The predicted octanol–water partition coefficient (Wildman–Crippen LogP) is 4.79. The Morgan fingerprint density at radius 1 is 0.654 bits per heavy atom. The molecule has 0 saturated heterocycles. The molecule has 0 fully saturated rings. The van der Waals surface area contributed by atoms with Crippen LogP contribution in [0, 0.1) is 0 Å². The third kappa shape index (κ3) is 3.79. The Kier molecular flexibility index (Phi) is 4.71. The molecule has 0 aliphatic rings. The van der Waals surface area contributed by atoms with Crippen molar-refractivity contribution in [2.75, 3.05) is 0 Å². The molecule has 0 unspecified atom stereocenters. The molecule has 0 aliphatic heterocycles. The van der Waals surface area contributed by atoms with E-state index in [0.717, 1.165) is 0 Å². The molecule has 2 N–H and O–H groups in total. The lowest BCUT2D eigenvalue weighted by Crippen LogP contribution is -2.11. The van der Waals surface area contributed by atoms with E-state index in [9.17, 15) is 35.9 Å². The fraction of sp³-hybridized carbons (Fsp3) is 0.125. The molecule has 0 bridgehead atoms. The zero-order valence-electron chi connectivity index (χ0n) is 12.4. The van der Waals surface area contributed by atoms with Crippen molar-refractivity contribution in [1.82, 2.24) is 0 Å². The standard InChI is InChI=1S/C16H8F6O4/c17-15(18,19)7-1-3-9(13(23)24)11(5-7)12-6-8(16(20,21)22)2-4-10(12)14(25)26/h1-6H,(H,23,24)(H,25,26). The molecule has 0 radical (unpaired) electrons. The smallest absolute Gasteiger partial charge is 0.416 e. The summed E-state index contributed by atoms with van der Waals surface area (Å²) in [4.78, 5) is 22.5. The number of carboxylic acid groups (broad SMARTS) is 2. The molecule has 26 heavy (non-hydrogen) atoms. The molecular weight excluding hydrogens is 370 g/mol. The van der Waals surface area contributed by atoms with Crippen molar-refractivity contribution in [3.63, 3.8) is 0 Å². The average molecular weight is 378 g/mol. The van der Waals surface area contributed by atoms with Gasteiger partial charge >= 0.3 is 24.3 Å². The van der Waals surface area contributed by atoms with E-state index < -0.39 is 57.7 Å². The first-order valence-electron chi connectivity index (χ1n) is 6.72. The van der Waals surface area contributed by atoms with Gasteiger partial charge in [0.15, 0.2) is 0 Å². The molecule has 138 valence electrons. The Balaban J connectivity index is 2.88. The van der Waals surface area contributed by atoms with Gasteiger partial charge in [0.05, 0.1) is 22.3 Å². The van der Waals surface area contributed by atoms with E-state index in [1.807, 2.05) is 0 Å². The van der Waals surface area contributed by atoms with Crippen LogP contribution in [0.2, 0.25) is 0 Å². The molecule has 10 heteroatoms. The molecule has 2 aromatic carbocycles. The van der Waals surface area contributed by atoms with Gasteiger partial charge in [0.25, 0.3) is 0 Å². The van der Waals surface area contributed by atoms with E-state index in [4.69, 9.17) is 10.2 Å². The van der Waals surface area contributed by atoms with Crippen molar-refractivity contribution in [1.29, 1.82) is 0 Å². The number of hydrogen-bond acceptors (Lipinski definition) is 2. The van der Waals surface area contributed by atoms with Crippen LogP contribution in [0.4, 0.5) is 26.3 Å². The predicted molar refractivity (Wildman–Crippen MR) is 75.8 cm³/mol. The second-order valence-corrected chi connectivity index (χ2v) is 5.13. The van der Waals surface area contributed by atoms with Crippen LogP contribution in [-0.2, 0) is 12.4 Å². The fourth-order valence-corrected chi connectivity index (χ4v) is 2.26. The summed E-state index contributed by atoms with van der Waals surface area (Å²) in [5.74, 6) is -3.44. The van der Waals surface area contributed by atoms with Gasteiger partial charge in [0.2, 0.25) is 0 Å². The molecule has 2 rings (SSSR count). The van der Waals surface area contributed by atoms with Crippen molar-refractivity contribution < 1.29 is 46.1 Å². The number of alkyl halides is 6. The first-order chi connectivity index (χ1) is 11.8. The summed E-state index contributed by atoms with van der Waals surface area (Å²) in [5, 5.41) is 18.3. The summed E-state index contributed by atoms with van der Waals surface area (Å²) < 4.78 is 77.4. The highest BCUT2D eigenvalue weighted by Gasteiger charge is 2.34. The van der Waals surface area contributed by atoms with E-state index in [-0.39, 0.29) is 0 Å². The highest BCUT2D eigenvalue weighted by atomic mass is 19.4. The fourth-order valence-electron chi connectivity index (χ4n) is 2.26. The van der Waals surface area contributed by atoms with Crippen molar-refractivity contribution in [2.45, 2.75) is 12.4 Å². The average Bonchev–Trinajstić information content (AvgIpc) is 2.51. The lowest BCUT2D eigenvalue weighted by Gasteiger charge is -2.15. The van der Waals surface area contributed by atoms with Crippen LogP contribution in [0.3, 0.4) is 0 Å². The van der Waals surface area contributed by atoms with Crippen molar-refractivity contribution in [3.05, 3.63) is 58.7 Å². The number of rotatable bonds is 3. The van der Waals surface area contributed by atoms with E-state index in [1.165, 1.54) is 0 Å². The minimum Gasteiger partial charge on any atom is -0.478 e. The van der Waals surface area contributed by atoms with Gasteiger partial charge < -0.3 is 10.2 Å². The first kappa shape index (κ1) is 19.3. The van der Waals surface area contributed by atoms with Gasteiger partial charge in [-0.25, -0.2) is 9.59 Å². The van der Waals surface area contributed by atoms with Gasteiger partial charge in [-0.15, -0.1) is 0 Å². The maximum Gasteiger partial charge on any atom is 0.416 e. The highest BCUT2D eigenvalue weighted by Crippen LogP contribution is 2.38. The van der Waals surface area contributed by atoms with E-state index in [1.54, 1.807) is 0 Å². The number of aromatic carboxylic acids is 2. The number of carbonyl (C=O) groups is 2. The highest BCUT2D eigenvalue weighted by molar-refractivity contribution is 6.02. The van der Waals surface area contributed by atoms with E-state index in [2.05, 4.69) is 0 Å². The summed E-state index contributed by atoms with van der Waals surface area (Å²) in [6.45, 7) is 0. The minimum absolute atomic E-state index is 0.311. The minimum atomic E-state index is -4.91. The van der Waals surface area contributed by atoms with E-state index in [0.29, 0.717) is 36.4 Å². The Bertz CT molecular complexity index is 810. The second kappa shape index (κ2) is 6.36. The largest absolute Gasteiger partial charge is 0.478 e. The first-order valence-corrected chi connectivity index (χ1v) is 6.72. The zero-order chi connectivity index (χ0) is 19.9. The second-order valence-electron chi connectivity index (χ2n) is 5.13. The van der Waals surface area contributed by atoms with E-state index >= 15 is 0 Å². The van der Waals surface area contributed by atoms with Crippen LogP contribution >= 0.6 is 0 Å². The van der Waals surface area contributed by atoms with Gasteiger partial charge in [-0.05, 0) is 47.5 Å². The zero-order valence-corrected chi connectivity index (χ0v) is 12.4. The van der Waals surface area contributed by atoms with Crippen LogP contribution in [0.1, 0.15) is 31.8 Å². The van der Waals surface area contributed by atoms with Gasteiger partial charge in [0, 0.05) is 0 Å². The lowest BCUT2D eigenvalue weighted by molar-refractivity contribution is -0.138. The molecule has 4 nitrogen and oxygen atoms in total. The maximum absolute atomic E-state index is 12.9. The molecule has 0 heterocycles. The normalized spacial score (nSPS) is 12.1. The SMILES string of the molecule is O=C(O)c1ccc(C(F)(F)F)cc1-c1cc(C(F)(F)F)ccc1C(=O)O. The molecule has 0 aliphatic carbocycles. The Hall–Kier alpha value is -3.04. The summed E-state index contributed by atoms with van der Waals surface area (Å²) in [7, 11) is 0. The third-order valence-corrected chi connectivity index (χ3v) is 3.44. The topological polar surface area (TPSA) is 74.6 Å². The van der Waals surface area contributed by atoms with Crippen LogP contribution in [0.15, 0.2) is 36.4 Å². The molecule has 0 aromatic heterocycles. The Morgan fingerprint density at radius 2 is 0.962 bits per heavy atom. The summed E-state index contributed by atoms with van der Waals surface area (Å²) in [6, 6.07) is 2.64. The molecule has 0 saturated carbocycles. The molecule has 2 aromatic rings. The monoisotopic (exact) mass is 378 g/mol. The molecule has 0 atom stereocenters. The van der Waals surface area contributed by atoms with Crippen LogP contribution < -0.4 is 0 Å². The Morgan fingerprint density at radius 3 is 1.19 bits per heavy atom. The number of halogens is 6. The summed E-state index contributed by atoms with van der Waals surface area (Å²) >= 11 is 0. The molecule has 0 spiro atoms. The van der Waals surface area contributed by atoms with Gasteiger partial charge in [-0.3, -0.25) is 0 Å². The van der Waals surface area contributed by atoms with Crippen LogP contribution in [0.25, 0.3) is 11.1 Å². The summed E-state index contributed by atoms with van der Waals surface area (Å²) in [5.41, 5.74) is -5.75. The quantitative estimate of drug-likeness (QED) is 0.754. The van der Waals surface area contributed by atoms with Crippen LogP contribution in [-0.4, -0.2) is 22.2 Å².